The molecule has 1 aliphatic heterocycles. The smallest absolute Gasteiger partial charge is 0.318 e. The summed E-state index contributed by atoms with van der Waals surface area (Å²) >= 11 is 0. The van der Waals surface area contributed by atoms with Crippen molar-refractivity contribution in [1.82, 2.24) is 25.0 Å². The number of hydrogen-bond donors (Lipinski definition) is 1. The molecule has 24 heavy (non-hydrogen) atoms. The van der Waals surface area contributed by atoms with Gasteiger partial charge in [-0.25, -0.2) is 9.18 Å². The Kier molecular flexibility index (Phi) is 4.51. The van der Waals surface area contributed by atoms with Crippen LogP contribution >= 0.6 is 0 Å². The van der Waals surface area contributed by atoms with Crippen molar-refractivity contribution in [2.24, 2.45) is 13.0 Å². The van der Waals surface area contributed by atoms with E-state index < -0.39 is 0 Å². The standard InChI is InChI=1S/C17H22FN5O/c1-11-7-15(13-5-4-6-14(18)8-13)23(9-11)17(24)20-12(2)16-21-19-10-22(16)3/h4-6,8,10-12,15H,7,9H2,1-3H3,(H,20,24)/t11-,12+,15+/m1/s1. The van der Waals surface area contributed by atoms with E-state index >= 15 is 0 Å². The lowest BCUT2D eigenvalue weighted by molar-refractivity contribution is 0.188. The van der Waals surface area contributed by atoms with Crippen LogP contribution in [-0.4, -0.2) is 32.2 Å². The molecule has 0 saturated carbocycles. The Labute approximate surface area is 140 Å². The van der Waals surface area contributed by atoms with Gasteiger partial charge >= 0.3 is 6.03 Å². The molecule has 0 aliphatic carbocycles. The third-order valence-electron chi connectivity index (χ3n) is 4.48. The second-order valence-corrected chi connectivity index (χ2v) is 6.54. The zero-order valence-electron chi connectivity index (χ0n) is 14.1. The van der Waals surface area contributed by atoms with E-state index in [0.717, 1.165) is 12.0 Å². The zero-order valence-corrected chi connectivity index (χ0v) is 14.1. The molecule has 2 amide bonds. The number of likely N-dealkylation sites (tertiary alicyclic amines) is 1. The Balaban J connectivity index is 1.76. The van der Waals surface area contributed by atoms with Crippen molar-refractivity contribution in [3.8, 4) is 0 Å². The normalized spacial score (nSPS) is 21.8. The number of urea groups is 1. The number of carbonyl (C=O) groups excluding carboxylic acids is 1. The van der Waals surface area contributed by atoms with Crippen LogP contribution in [0.1, 0.15) is 43.7 Å². The van der Waals surface area contributed by atoms with Gasteiger partial charge < -0.3 is 14.8 Å². The van der Waals surface area contributed by atoms with E-state index in [2.05, 4.69) is 22.4 Å². The summed E-state index contributed by atoms with van der Waals surface area (Å²) in [6, 6.07) is 5.96. The lowest BCUT2D eigenvalue weighted by Gasteiger charge is -2.27. The monoisotopic (exact) mass is 331 g/mol. The molecule has 2 aromatic rings. The van der Waals surface area contributed by atoms with Gasteiger partial charge in [-0.15, -0.1) is 10.2 Å². The summed E-state index contributed by atoms with van der Waals surface area (Å²) in [5, 5.41) is 10.8. The Hall–Kier alpha value is -2.44. The summed E-state index contributed by atoms with van der Waals surface area (Å²) in [5.41, 5.74) is 0.834. The first-order chi connectivity index (χ1) is 11.5. The van der Waals surface area contributed by atoms with Crippen LogP contribution in [0.4, 0.5) is 9.18 Å². The SMILES string of the molecule is C[C@@H]1C[C@@H](c2cccc(F)c2)N(C(=O)N[C@@H](C)c2nncn2C)C1. The van der Waals surface area contributed by atoms with Crippen LogP contribution in [0.5, 0.6) is 0 Å². The molecule has 3 rings (SSSR count). The number of hydrogen-bond acceptors (Lipinski definition) is 3. The van der Waals surface area contributed by atoms with E-state index in [1.54, 1.807) is 21.9 Å². The van der Waals surface area contributed by atoms with Crippen LogP contribution in [0.3, 0.4) is 0 Å². The van der Waals surface area contributed by atoms with Gasteiger partial charge in [-0.3, -0.25) is 0 Å². The molecule has 0 spiro atoms. The maximum absolute atomic E-state index is 13.5. The quantitative estimate of drug-likeness (QED) is 0.941. The minimum Gasteiger partial charge on any atom is -0.328 e. The molecular formula is C17H22FN5O. The van der Waals surface area contributed by atoms with Gasteiger partial charge in [0.15, 0.2) is 5.82 Å². The molecule has 1 aromatic heterocycles. The fourth-order valence-electron chi connectivity index (χ4n) is 3.32. The van der Waals surface area contributed by atoms with Crippen molar-refractivity contribution in [3.63, 3.8) is 0 Å². The summed E-state index contributed by atoms with van der Waals surface area (Å²) < 4.78 is 15.3. The first-order valence-electron chi connectivity index (χ1n) is 8.12. The van der Waals surface area contributed by atoms with Gasteiger partial charge in [-0.05, 0) is 37.0 Å². The van der Waals surface area contributed by atoms with Crippen molar-refractivity contribution < 1.29 is 9.18 Å². The third-order valence-corrected chi connectivity index (χ3v) is 4.48. The lowest BCUT2D eigenvalue weighted by Crippen LogP contribution is -2.41. The average molecular weight is 331 g/mol. The molecule has 6 nitrogen and oxygen atoms in total. The Morgan fingerprint density at radius 1 is 1.46 bits per heavy atom. The van der Waals surface area contributed by atoms with Gasteiger partial charge in [-0.1, -0.05) is 19.1 Å². The summed E-state index contributed by atoms with van der Waals surface area (Å²) in [5.74, 6) is 0.784. The predicted octanol–water partition coefficient (Wildman–Crippen LogP) is 2.81. The molecule has 0 bridgehead atoms. The Morgan fingerprint density at radius 2 is 2.25 bits per heavy atom. The molecule has 1 aromatic carbocycles. The molecule has 3 atom stereocenters. The maximum atomic E-state index is 13.5. The predicted molar refractivity (Wildman–Crippen MR) is 87.6 cm³/mol. The maximum Gasteiger partial charge on any atom is 0.318 e. The summed E-state index contributed by atoms with van der Waals surface area (Å²) in [7, 11) is 1.84. The first-order valence-corrected chi connectivity index (χ1v) is 8.12. The van der Waals surface area contributed by atoms with Crippen molar-refractivity contribution in [1.29, 1.82) is 0 Å². The average Bonchev–Trinajstić information content (AvgIpc) is 3.13. The van der Waals surface area contributed by atoms with Gasteiger partial charge in [-0.2, -0.15) is 0 Å². The number of rotatable bonds is 3. The van der Waals surface area contributed by atoms with Gasteiger partial charge in [0.05, 0.1) is 12.1 Å². The van der Waals surface area contributed by atoms with Crippen LogP contribution in [0, 0.1) is 11.7 Å². The van der Waals surface area contributed by atoms with E-state index in [0.29, 0.717) is 18.3 Å². The molecule has 1 N–H and O–H groups in total. The minimum atomic E-state index is -0.278. The second kappa shape index (κ2) is 6.59. The largest absolute Gasteiger partial charge is 0.328 e. The number of aryl methyl sites for hydroxylation is 1. The summed E-state index contributed by atoms with van der Waals surface area (Å²) in [6.07, 6.45) is 2.43. The molecule has 1 aliphatic rings. The first kappa shape index (κ1) is 16.4. The molecule has 2 heterocycles. The van der Waals surface area contributed by atoms with Gasteiger partial charge in [0.2, 0.25) is 0 Å². The van der Waals surface area contributed by atoms with Crippen LogP contribution in [0.2, 0.25) is 0 Å². The molecule has 128 valence electrons. The molecule has 0 radical (unpaired) electrons. The highest BCUT2D eigenvalue weighted by Gasteiger charge is 2.35. The van der Waals surface area contributed by atoms with Crippen LogP contribution in [0.15, 0.2) is 30.6 Å². The van der Waals surface area contributed by atoms with Crippen molar-refractivity contribution in [2.75, 3.05) is 6.54 Å². The number of carbonyl (C=O) groups is 1. The van der Waals surface area contributed by atoms with Gasteiger partial charge in [0.1, 0.15) is 12.1 Å². The van der Waals surface area contributed by atoms with Crippen LogP contribution in [0.25, 0.3) is 0 Å². The van der Waals surface area contributed by atoms with E-state index in [1.165, 1.54) is 12.1 Å². The number of halogens is 1. The van der Waals surface area contributed by atoms with Crippen LogP contribution in [-0.2, 0) is 7.05 Å². The molecular weight excluding hydrogens is 309 g/mol. The molecule has 7 heteroatoms. The second-order valence-electron chi connectivity index (χ2n) is 6.54. The van der Waals surface area contributed by atoms with Crippen molar-refractivity contribution in [3.05, 3.63) is 47.8 Å². The fraction of sp³-hybridized carbons (Fsp3) is 0.471. The zero-order chi connectivity index (χ0) is 17.3. The summed E-state index contributed by atoms with van der Waals surface area (Å²) in [4.78, 5) is 14.5. The molecule has 0 unspecified atom stereocenters. The Morgan fingerprint density at radius 3 is 2.92 bits per heavy atom. The highest BCUT2D eigenvalue weighted by Crippen LogP contribution is 2.35. The number of amides is 2. The lowest BCUT2D eigenvalue weighted by atomic mass is 10.0. The van der Waals surface area contributed by atoms with Gasteiger partial charge in [0.25, 0.3) is 0 Å². The molecule has 1 saturated heterocycles. The highest BCUT2D eigenvalue weighted by molar-refractivity contribution is 5.75. The number of aromatic nitrogens is 3. The van der Waals surface area contributed by atoms with E-state index in [9.17, 15) is 9.18 Å². The number of nitrogens with one attached hydrogen (secondary N) is 1. The van der Waals surface area contributed by atoms with E-state index in [1.807, 2.05) is 20.0 Å². The fourth-order valence-corrected chi connectivity index (χ4v) is 3.32. The number of benzene rings is 1. The Bertz CT molecular complexity index is 731. The third kappa shape index (κ3) is 3.25. The van der Waals surface area contributed by atoms with Crippen molar-refractivity contribution >= 4 is 6.03 Å². The van der Waals surface area contributed by atoms with Crippen LogP contribution < -0.4 is 5.32 Å². The van der Waals surface area contributed by atoms with Crippen molar-refractivity contribution in [2.45, 2.75) is 32.4 Å². The van der Waals surface area contributed by atoms with E-state index in [4.69, 9.17) is 0 Å². The number of nitrogens with zero attached hydrogens (tertiary/aromatic N) is 4. The topological polar surface area (TPSA) is 63.1 Å². The van der Waals surface area contributed by atoms with Gasteiger partial charge in [0, 0.05) is 13.6 Å². The van der Waals surface area contributed by atoms with E-state index in [-0.39, 0.29) is 23.9 Å². The highest BCUT2D eigenvalue weighted by atomic mass is 19.1. The summed E-state index contributed by atoms with van der Waals surface area (Å²) in [6.45, 7) is 4.63. The minimum absolute atomic E-state index is 0.109. The molecule has 1 fully saturated rings.